The Hall–Kier alpha value is -4.01. The minimum Gasteiger partial charge on any atom is -0.483 e. The van der Waals surface area contributed by atoms with E-state index in [2.05, 4.69) is 5.32 Å². The Kier molecular flexibility index (Phi) is 6.78. The van der Waals surface area contributed by atoms with Crippen molar-refractivity contribution in [2.75, 3.05) is 6.54 Å². The van der Waals surface area contributed by atoms with Gasteiger partial charge in [0, 0.05) is 37.0 Å². The molecule has 2 atom stereocenters. The van der Waals surface area contributed by atoms with Gasteiger partial charge in [0.1, 0.15) is 23.8 Å². The Morgan fingerprint density at radius 2 is 1.89 bits per heavy atom. The van der Waals surface area contributed by atoms with E-state index in [1.807, 2.05) is 37.3 Å². The van der Waals surface area contributed by atoms with Crippen molar-refractivity contribution in [1.29, 1.82) is 0 Å². The smallest absolute Gasteiger partial charge is 0.274 e. The zero-order valence-electron chi connectivity index (χ0n) is 20.4. The zero-order valence-corrected chi connectivity index (χ0v) is 20.4. The summed E-state index contributed by atoms with van der Waals surface area (Å²) in [6, 6.07) is 12.2. The predicted octanol–water partition coefficient (Wildman–Crippen LogP) is 4.20. The van der Waals surface area contributed by atoms with Crippen LogP contribution in [0.3, 0.4) is 0 Å². The van der Waals surface area contributed by atoms with Gasteiger partial charge < -0.3 is 19.5 Å². The number of hydrogen-bond donors (Lipinski definition) is 1. The molecule has 1 aromatic heterocycles. The second-order valence-corrected chi connectivity index (χ2v) is 9.54. The lowest BCUT2D eigenvalue weighted by atomic mass is 10.1. The quantitative estimate of drug-likeness (QED) is 0.542. The molecule has 2 aliphatic rings. The third-order valence-electron chi connectivity index (χ3n) is 7.07. The molecule has 1 fully saturated rings. The second kappa shape index (κ2) is 10.2. The minimum absolute atomic E-state index is 0.0249. The Morgan fingerprint density at radius 3 is 2.65 bits per heavy atom. The highest BCUT2D eigenvalue weighted by Crippen LogP contribution is 2.34. The van der Waals surface area contributed by atoms with Crippen molar-refractivity contribution in [3.05, 3.63) is 99.0 Å². The van der Waals surface area contributed by atoms with Gasteiger partial charge in [-0.25, -0.2) is 8.78 Å². The van der Waals surface area contributed by atoms with Crippen LogP contribution in [0.2, 0.25) is 0 Å². The fourth-order valence-electron chi connectivity index (χ4n) is 5.02. The van der Waals surface area contributed by atoms with Crippen LogP contribution in [0.4, 0.5) is 8.78 Å². The van der Waals surface area contributed by atoms with Gasteiger partial charge in [-0.2, -0.15) is 0 Å². The number of benzene rings is 2. The van der Waals surface area contributed by atoms with Gasteiger partial charge in [-0.05, 0) is 37.8 Å². The topological polar surface area (TPSA) is 80.6 Å². The third kappa shape index (κ3) is 4.85. The number of pyridine rings is 1. The molecule has 0 unspecified atom stereocenters. The monoisotopic (exact) mass is 507 g/mol. The van der Waals surface area contributed by atoms with E-state index in [0.717, 1.165) is 37.0 Å². The van der Waals surface area contributed by atoms with E-state index in [-0.39, 0.29) is 53.7 Å². The van der Waals surface area contributed by atoms with Gasteiger partial charge in [-0.15, -0.1) is 0 Å². The number of carbonyl (C=O) groups excluding carboxylic acids is 2. The fraction of sp³-hybridized carbons (Fsp3) is 0.321. The third-order valence-corrected chi connectivity index (χ3v) is 7.07. The van der Waals surface area contributed by atoms with Crippen molar-refractivity contribution in [2.45, 2.75) is 51.4 Å². The number of nitrogens with zero attached hydrogens (tertiary/aromatic N) is 2. The maximum atomic E-state index is 14.1. The molecule has 0 spiro atoms. The molecule has 0 saturated carbocycles. The standard InChI is InChI=1S/C28H27F2N3O4/c1-17-6-5-9-21-14-32(17)28(36)24-26(37-16-18-7-3-2-4-8-18)25(34)22(15-33(21)24)27(35)31-13-19-10-11-20(29)12-23(19)30/h2-4,7-8,10-12,15,17,21H,5-6,9,13-14,16H2,1H3,(H,31,35)/t17-,21+/m0/s1. The summed E-state index contributed by atoms with van der Waals surface area (Å²) in [6.45, 7) is 2.28. The van der Waals surface area contributed by atoms with Crippen LogP contribution in [-0.2, 0) is 13.2 Å². The molecule has 2 aromatic carbocycles. The SMILES string of the molecule is C[C@H]1CCC[C@@H]2CN1C(=O)c1c(OCc3ccccc3)c(=O)c(C(=O)NCc3ccc(F)cc3F)cn12. The number of amides is 2. The molecule has 2 amide bonds. The summed E-state index contributed by atoms with van der Waals surface area (Å²) in [5, 5.41) is 2.54. The maximum absolute atomic E-state index is 14.1. The molecule has 2 aliphatic heterocycles. The molecule has 3 heterocycles. The average molecular weight is 508 g/mol. The van der Waals surface area contributed by atoms with Crippen LogP contribution in [0.5, 0.6) is 5.75 Å². The lowest BCUT2D eigenvalue weighted by molar-refractivity contribution is 0.0601. The van der Waals surface area contributed by atoms with Gasteiger partial charge in [-0.3, -0.25) is 14.4 Å². The van der Waals surface area contributed by atoms with Crippen LogP contribution in [0.25, 0.3) is 0 Å². The van der Waals surface area contributed by atoms with Crippen LogP contribution in [-0.4, -0.2) is 33.9 Å². The highest BCUT2D eigenvalue weighted by molar-refractivity contribution is 5.99. The number of fused-ring (bicyclic) bond motifs is 4. The summed E-state index contributed by atoms with van der Waals surface area (Å²) >= 11 is 0. The first-order valence-electron chi connectivity index (χ1n) is 12.3. The number of rotatable bonds is 6. The molecule has 7 nitrogen and oxygen atoms in total. The van der Waals surface area contributed by atoms with E-state index < -0.39 is 23.0 Å². The second-order valence-electron chi connectivity index (χ2n) is 9.54. The van der Waals surface area contributed by atoms with Gasteiger partial charge in [0.25, 0.3) is 11.8 Å². The van der Waals surface area contributed by atoms with Crippen LogP contribution < -0.4 is 15.5 Å². The Bertz CT molecular complexity index is 1410. The Morgan fingerprint density at radius 1 is 1.11 bits per heavy atom. The molecule has 0 radical (unpaired) electrons. The molecule has 37 heavy (non-hydrogen) atoms. The molecule has 0 aliphatic carbocycles. The first kappa shape index (κ1) is 24.7. The number of hydrogen-bond acceptors (Lipinski definition) is 4. The number of halogens is 2. The lowest BCUT2D eigenvalue weighted by Crippen LogP contribution is -2.47. The molecular formula is C28H27F2N3O4. The first-order valence-corrected chi connectivity index (χ1v) is 12.3. The number of carbonyl (C=O) groups is 2. The number of aromatic nitrogens is 1. The maximum Gasteiger partial charge on any atom is 0.274 e. The van der Waals surface area contributed by atoms with Crippen molar-refractivity contribution >= 4 is 11.8 Å². The van der Waals surface area contributed by atoms with Crippen molar-refractivity contribution in [3.8, 4) is 5.75 Å². The zero-order chi connectivity index (χ0) is 26.1. The molecule has 5 rings (SSSR count). The minimum atomic E-state index is -0.799. The van der Waals surface area contributed by atoms with Crippen LogP contribution in [0, 0.1) is 11.6 Å². The van der Waals surface area contributed by atoms with E-state index in [0.29, 0.717) is 6.54 Å². The highest BCUT2D eigenvalue weighted by atomic mass is 19.1. The summed E-state index contributed by atoms with van der Waals surface area (Å²) < 4.78 is 35.0. The number of nitrogens with one attached hydrogen (secondary N) is 1. The van der Waals surface area contributed by atoms with Crippen LogP contribution in [0.1, 0.15) is 64.2 Å². The van der Waals surface area contributed by atoms with Crippen LogP contribution in [0.15, 0.2) is 59.5 Å². The van der Waals surface area contributed by atoms with Crippen molar-refractivity contribution in [1.82, 2.24) is 14.8 Å². The lowest BCUT2D eigenvalue weighted by Gasteiger charge is -2.37. The van der Waals surface area contributed by atoms with Gasteiger partial charge >= 0.3 is 0 Å². The molecule has 3 aromatic rings. The summed E-state index contributed by atoms with van der Waals surface area (Å²) in [4.78, 5) is 42.0. The molecule has 1 saturated heterocycles. The predicted molar refractivity (Wildman–Crippen MR) is 132 cm³/mol. The Balaban J connectivity index is 1.53. The van der Waals surface area contributed by atoms with Crippen molar-refractivity contribution < 1.29 is 23.1 Å². The van der Waals surface area contributed by atoms with E-state index in [9.17, 15) is 23.2 Å². The normalized spacial score (nSPS) is 18.7. The Labute approximate surface area is 212 Å². The molecule has 192 valence electrons. The van der Waals surface area contributed by atoms with E-state index in [4.69, 9.17) is 4.74 Å². The van der Waals surface area contributed by atoms with E-state index in [1.54, 1.807) is 9.47 Å². The van der Waals surface area contributed by atoms with E-state index in [1.165, 1.54) is 12.3 Å². The summed E-state index contributed by atoms with van der Waals surface area (Å²) in [5.74, 6) is -2.72. The number of ether oxygens (including phenoxy) is 1. The highest BCUT2D eigenvalue weighted by Gasteiger charge is 2.39. The average Bonchev–Trinajstić information content (AvgIpc) is 3.06. The summed E-state index contributed by atoms with van der Waals surface area (Å²) in [6.07, 6.45) is 3.94. The van der Waals surface area contributed by atoms with Crippen LogP contribution >= 0.6 is 0 Å². The summed E-state index contributed by atoms with van der Waals surface area (Å²) in [7, 11) is 0. The van der Waals surface area contributed by atoms with Gasteiger partial charge in [0.15, 0.2) is 11.4 Å². The van der Waals surface area contributed by atoms with Gasteiger partial charge in [-0.1, -0.05) is 36.4 Å². The largest absolute Gasteiger partial charge is 0.483 e. The molecule has 9 heteroatoms. The van der Waals surface area contributed by atoms with Gasteiger partial charge in [0.05, 0.1) is 6.04 Å². The fourth-order valence-corrected chi connectivity index (χ4v) is 5.02. The molecule has 2 bridgehead atoms. The van der Waals surface area contributed by atoms with Gasteiger partial charge in [0.2, 0.25) is 5.43 Å². The van der Waals surface area contributed by atoms with Crippen molar-refractivity contribution in [3.63, 3.8) is 0 Å². The molecular weight excluding hydrogens is 480 g/mol. The molecule has 1 N–H and O–H groups in total. The van der Waals surface area contributed by atoms with E-state index >= 15 is 0 Å². The first-order chi connectivity index (χ1) is 17.8. The van der Waals surface area contributed by atoms with Crippen molar-refractivity contribution in [2.24, 2.45) is 0 Å². The summed E-state index contributed by atoms with van der Waals surface area (Å²) in [5.41, 5.74) is 0.119.